The summed E-state index contributed by atoms with van der Waals surface area (Å²) < 4.78 is 32.9. The number of nitrogens with zero attached hydrogens (tertiary/aromatic N) is 4. The second-order valence-electron chi connectivity index (χ2n) is 6.71. The minimum absolute atomic E-state index is 0.0330. The number of carbonyl (C=O) groups excluding carboxylic acids is 1. The van der Waals surface area contributed by atoms with E-state index in [1.165, 1.54) is 38.0 Å². The first-order valence-electron chi connectivity index (χ1n) is 9.09. The van der Waals surface area contributed by atoms with Gasteiger partial charge in [-0.1, -0.05) is 30.3 Å². The molecule has 30 heavy (non-hydrogen) atoms. The zero-order valence-corrected chi connectivity index (χ0v) is 18.0. The molecule has 0 spiro atoms. The highest BCUT2D eigenvalue weighted by Crippen LogP contribution is 2.29. The lowest BCUT2D eigenvalue weighted by molar-refractivity contribution is -0.116. The van der Waals surface area contributed by atoms with Gasteiger partial charge in [0.05, 0.1) is 7.11 Å². The predicted molar refractivity (Wildman–Crippen MR) is 113 cm³/mol. The number of ether oxygens (including phenoxy) is 1. The van der Waals surface area contributed by atoms with Crippen molar-refractivity contribution in [1.82, 2.24) is 19.1 Å². The molecular weight excluding hydrogens is 406 g/mol. The van der Waals surface area contributed by atoms with E-state index >= 15 is 0 Å². The molecule has 0 atom stereocenters. The van der Waals surface area contributed by atoms with Crippen LogP contribution < -0.4 is 10.1 Å². The van der Waals surface area contributed by atoms with Crippen molar-refractivity contribution in [1.29, 1.82) is 0 Å². The van der Waals surface area contributed by atoms with Crippen LogP contribution in [0, 0.1) is 6.92 Å². The highest BCUT2D eigenvalue weighted by atomic mass is 32.2. The summed E-state index contributed by atoms with van der Waals surface area (Å²) in [4.78, 5) is 17.0. The molecule has 3 aromatic rings. The van der Waals surface area contributed by atoms with E-state index in [-0.39, 0.29) is 23.1 Å². The molecule has 1 heterocycles. The Labute approximate surface area is 175 Å². The van der Waals surface area contributed by atoms with Crippen molar-refractivity contribution in [2.45, 2.75) is 18.4 Å². The van der Waals surface area contributed by atoms with E-state index in [0.29, 0.717) is 17.3 Å². The van der Waals surface area contributed by atoms with Crippen LogP contribution in [0.2, 0.25) is 0 Å². The van der Waals surface area contributed by atoms with E-state index in [1.54, 1.807) is 13.0 Å². The number of aromatic nitrogens is 3. The van der Waals surface area contributed by atoms with Crippen LogP contribution in [0.25, 0.3) is 11.4 Å². The van der Waals surface area contributed by atoms with Gasteiger partial charge in [-0.15, -0.1) is 0 Å². The Balaban J connectivity index is 1.85. The van der Waals surface area contributed by atoms with Crippen molar-refractivity contribution in [3.05, 3.63) is 54.4 Å². The van der Waals surface area contributed by atoms with Crippen LogP contribution in [0.5, 0.6) is 5.75 Å². The van der Waals surface area contributed by atoms with Gasteiger partial charge >= 0.3 is 0 Å². The van der Waals surface area contributed by atoms with Gasteiger partial charge in [0.1, 0.15) is 23.0 Å². The molecule has 9 nitrogen and oxygen atoms in total. The Morgan fingerprint density at radius 2 is 1.87 bits per heavy atom. The molecule has 0 bridgehead atoms. The van der Waals surface area contributed by atoms with Gasteiger partial charge in [-0.05, 0) is 25.1 Å². The first kappa shape index (κ1) is 21.5. The van der Waals surface area contributed by atoms with Crippen molar-refractivity contribution < 1.29 is 17.9 Å². The highest BCUT2D eigenvalue weighted by Gasteiger charge is 2.23. The van der Waals surface area contributed by atoms with Crippen LogP contribution in [-0.2, 0) is 21.4 Å². The predicted octanol–water partition coefficient (Wildman–Crippen LogP) is 2.15. The molecule has 0 fully saturated rings. The van der Waals surface area contributed by atoms with Crippen LogP contribution in [0.15, 0.2) is 53.4 Å². The fourth-order valence-corrected chi connectivity index (χ4v) is 3.93. The van der Waals surface area contributed by atoms with E-state index in [4.69, 9.17) is 4.74 Å². The maximum absolute atomic E-state index is 12.6. The largest absolute Gasteiger partial charge is 0.495 e. The van der Waals surface area contributed by atoms with Gasteiger partial charge in [0.15, 0.2) is 5.82 Å². The van der Waals surface area contributed by atoms with Crippen LogP contribution in [0.4, 0.5) is 5.69 Å². The molecule has 0 aliphatic heterocycles. The van der Waals surface area contributed by atoms with Crippen LogP contribution in [0.1, 0.15) is 5.82 Å². The third-order valence-electron chi connectivity index (χ3n) is 4.31. The summed E-state index contributed by atoms with van der Waals surface area (Å²) in [6, 6.07) is 13.9. The van der Waals surface area contributed by atoms with Gasteiger partial charge in [-0.25, -0.2) is 22.4 Å². The Kier molecular flexibility index (Phi) is 6.18. The van der Waals surface area contributed by atoms with Gasteiger partial charge in [-0.3, -0.25) is 4.79 Å². The fourth-order valence-electron chi connectivity index (χ4n) is 2.86. The first-order chi connectivity index (χ1) is 14.2. The fraction of sp³-hybridized carbons (Fsp3) is 0.250. The second kappa shape index (κ2) is 8.64. The summed E-state index contributed by atoms with van der Waals surface area (Å²) in [5.41, 5.74) is 1.18. The summed E-state index contributed by atoms with van der Waals surface area (Å²) >= 11 is 0. The van der Waals surface area contributed by atoms with Crippen molar-refractivity contribution in [3.8, 4) is 17.1 Å². The Hall–Kier alpha value is -3.24. The molecule has 0 saturated heterocycles. The molecule has 0 aliphatic carbocycles. The molecule has 158 valence electrons. The minimum atomic E-state index is -3.75. The summed E-state index contributed by atoms with van der Waals surface area (Å²) in [7, 11) is 0.500. The number of methoxy groups -OCH3 is 1. The van der Waals surface area contributed by atoms with Gasteiger partial charge < -0.3 is 10.1 Å². The molecule has 1 aromatic heterocycles. The number of carbonyl (C=O) groups is 1. The molecule has 3 rings (SSSR count). The zero-order chi connectivity index (χ0) is 21.9. The average Bonchev–Trinajstić information content (AvgIpc) is 3.08. The zero-order valence-electron chi connectivity index (χ0n) is 17.2. The Morgan fingerprint density at radius 3 is 2.50 bits per heavy atom. The van der Waals surface area contributed by atoms with E-state index in [1.807, 2.05) is 30.3 Å². The molecule has 2 aromatic carbocycles. The summed E-state index contributed by atoms with van der Waals surface area (Å²) in [5.74, 6) is 0.953. The molecule has 1 amide bonds. The maximum Gasteiger partial charge on any atom is 0.246 e. The second-order valence-corrected chi connectivity index (χ2v) is 8.83. The topological polar surface area (TPSA) is 106 Å². The van der Waals surface area contributed by atoms with Gasteiger partial charge in [-0.2, -0.15) is 5.10 Å². The van der Waals surface area contributed by atoms with E-state index < -0.39 is 10.0 Å². The monoisotopic (exact) mass is 429 g/mol. The molecule has 1 N–H and O–H groups in total. The van der Waals surface area contributed by atoms with Crippen molar-refractivity contribution >= 4 is 21.6 Å². The van der Waals surface area contributed by atoms with Gasteiger partial charge in [0.25, 0.3) is 0 Å². The molecule has 0 saturated carbocycles. The van der Waals surface area contributed by atoms with E-state index in [2.05, 4.69) is 15.4 Å². The SMILES string of the molecule is COc1ccc(NC(=O)Cn2nc(C)nc2-c2ccccc2)cc1S(=O)(=O)N(C)C. The minimum Gasteiger partial charge on any atom is -0.495 e. The molecule has 0 unspecified atom stereocenters. The number of hydrogen-bond donors (Lipinski definition) is 1. The number of nitrogens with one attached hydrogen (secondary N) is 1. The molecule has 10 heteroatoms. The third-order valence-corrected chi connectivity index (χ3v) is 6.15. The van der Waals surface area contributed by atoms with Gasteiger partial charge in [0.2, 0.25) is 15.9 Å². The maximum atomic E-state index is 12.6. The standard InChI is InChI=1S/C20H23N5O4S/c1-14-21-20(15-8-6-5-7-9-15)25(23-14)13-19(26)22-16-10-11-17(29-4)18(12-16)30(27,28)24(2)3/h5-12H,13H2,1-4H3,(H,22,26). The van der Waals surface area contributed by atoms with Crippen LogP contribution in [0.3, 0.4) is 0 Å². The number of amides is 1. The Morgan fingerprint density at radius 1 is 1.17 bits per heavy atom. The number of benzene rings is 2. The van der Waals surface area contributed by atoms with Gasteiger partial charge in [0, 0.05) is 25.3 Å². The lowest BCUT2D eigenvalue weighted by Crippen LogP contribution is -2.23. The van der Waals surface area contributed by atoms with E-state index in [0.717, 1.165) is 9.87 Å². The summed E-state index contributed by atoms with van der Waals surface area (Å²) in [6.45, 7) is 1.68. The lowest BCUT2D eigenvalue weighted by Gasteiger charge is -2.16. The van der Waals surface area contributed by atoms with Crippen molar-refractivity contribution in [3.63, 3.8) is 0 Å². The average molecular weight is 430 g/mol. The van der Waals surface area contributed by atoms with Crippen LogP contribution in [-0.4, -0.2) is 54.6 Å². The number of sulfonamides is 1. The molecule has 0 aliphatic rings. The Bertz CT molecular complexity index is 1160. The number of rotatable bonds is 7. The van der Waals surface area contributed by atoms with Crippen molar-refractivity contribution in [2.75, 3.05) is 26.5 Å². The van der Waals surface area contributed by atoms with Crippen molar-refractivity contribution in [2.24, 2.45) is 0 Å². The number of aryl methyl sites for hydroxylation is 1. The molecular formula is C20H23N5O4S. The molecule has 0 radical (unpaired) electrons. The lowest BCUT2D eigenvalue weighted by atomic mass is 10.2. The summed E-state index contributed by atoms with van der Waals surface area (Å²) in [6.07, 6.45) is 0. The normalized spacial score (nSPS) is 11.5. The number of anilines is 1. The number of hydrogen-bond acceptors (Lipinski definition) is 6. The highest BCUT2D eigenvalue weighted by molar-refractivity contribution is 7.89. The quantitative estimate of drug-likeness (QED) is 0.617. The van der Waals surface area contributed by atoms with E-state index in [9.17, 15) is 13.2 Å². The smallest absolute Gasteiger partial charge is 0.246 e. The van der Waals surface area contributed by atoms with Crippen LogP contribution >= 0.6 is 0 Å². The third kappa shape index (κ3) is 4.50. The first-order valence-corrected chi connectivity index (χ1v) is 10.5. The summed E-state index contributed by atoms with van der Waals surface area (Å²) in [5, 5.41) is 7.01.